The molecular weight excluding hydrogens is 440 g/mol. The number of anilines is 2. The third-order valence-electron chi connectivity index (χ3n) is 5.55. The standard InChI is InChI=1S/C25H22N2O5S/c28-25(26-14-16-31-17-15-26)24-18-27(22-8-4-5-9-23(22)33(24,29)30)19-10-12-21(13-11-19)32-20-6-2-1-3-7-20/h1-13,18H,14-17H2. The molecule has 0 bridgehead atoms. The molecule has 0 spiro atoms. The van der Waals surface area contributed by atoms with Gasteiger partial charge in [0.1, 0.15) is 11.5 Å². The average Bonchev–Trinajstić information content (AvgIpc) is 2.86. The Bertz CT molecular complexity index is 1300. The Labute approximate surface area is 192 Å². The lowest BCUT2D eigenvalue weighted by Crippen LogP contribution is -2.43. The number of para-hydroxylation sites is 2. The van der Waals surface area contributed by atoms with Gasteiger partial charge in [0, 0.05) is 25.0 Å². The number of sulfone groups is 1. The van der Waals surface area contributed by atoms with Crippen molar-refractivity contribution in [2.24, 2.45) is 0 Å². The van der Waals surface area contributed by atoms with Crippen LogP contribution in [0.4, 0.5) is 11.4 Å². The highest BCUT2D eigenvalue weighted by Crippen LogP contribution is 2.40. The summed E-state index contributed by atoms with van der Waals surface area (Å²) in [6.45, 7) is 1.50. The first-order chi connectivity index (χ1) is 16.0. The van der Waals surface area contributed by atoms with Gasteiger partial charge in [-0.3, -0.25) is 4.79 Å². The highest BCUT2D eigenvalue weighted by atomic mass is 32.2. The molecule has 0 N–H and O–H groups in total. The minimum Gasteiger partial charge on any atom is -0.457 e. The van der Waals surface area contributed by atoms with E-state index in [0.717, 1.165) is 5.75 Å². The molecule has 7 nitrogen and oxygen atoms in total. The third kappa shape index (κ3) is 4.10. The van der Waals surface area contributed by atoms with Gasteiger partial charge in [-0.1, -0.05) is 30.3 Å². The van der Waals surface area contributed by atoms with E-state index >= 15 is 0 Å². The highest BCUT2D eigenvalue weighted by Gasteiger charge is 2.37. The summed E-state index contributed by atoms with van der Waals surface area (Å²) in [5.41, 5.74) is 1.21. The number of amides is 1. The van der Waals surface area contributed by atoms with E-state index in [0.29, 0.717) is 43.4 Å². The van der Waals surface area contributed by atoms with Crippen LogP contribution in [0.1, 0.15) is 0 Å². The van der Waals surface area contributed by atoms with Gasteiger partial charge in [0.05, 0.1) is 23.8 Å². The molecule has 5 rings (SSSR count). The van der Waals surface area contributed by atoms with Crippen molar-refractivity contribution in [3.05, 3.63) is 90.0 Å². The smallest absolute Gasteiger partial charge is 0.267 e. The minimum atomic E-state index is -3.96. The van der Waals surface area contributed by atoms with E-state index in [1.54, 1.807) is 23.1 Å². The predicted octanol–water partition coefficient (Wildman–Crippen LogP) is 4.10. The van der Waals surface area contributed by atoms with Crippen LogP contribution < -0.4 is 9.64 Å². The summed E-state index contributed by atoms with van der Waals surface area (Å²) in [6.07, 6.45) is 1.42. The van der Waals surface area contributed by atoms with Crippen LogP contribution in [-0.4, -0.2) is 45.5 Å². The second-order valence-electron chi connectivity index (χ2n) is 7.65. The molecule has 0 aromatic heterocycles. The molecule has 3 aromatic rings. The lowest BCUT2D eigenvalue weighted by molar-refractivity contribution is -0.130. The molecule has 168 valence electrons. The van der Waals surface area contributed by atoms with Gasteiger partial charge in [-0.15, -0.1) is 0 Å². The van der Waals surface area contributed by atoms with Crippen molar-refractivity contribution in [3.63, 3.8) is 0 Å². The minimum absolute atomic E-state index is 0.105. The summed E-state index contributed by atoms with van der Waals surface area (Å²) in [6, 6.07) is 23.4. The maximum Gasteiger partial charge on any atom is 0.267 e. The summed E-state index contributed by atoms with van der Waals surface area (Å²) >= 11 is 0. The predicted molar refractivity (Wildman–Crippen MR) is 124 cm³/mol. The van der Waals surface area contributed by atoms with Gasteiger partial charge >= 0.3 is 0 Å². The molecule has 1 amide bonds. The van der Waals surface area contributed by atoms with E-state index in [9.17, 15) is 13.2 Å². The fourth-order valence-corrected chi connectivity index (χ4v) is 5.40. The molecule has 1 saturated heterocycles. The number of carbonyl (C=O) groups is 1. The molecule has 0 unspecified atom stereocenters. The van der Waals surface area contributed by atoms with Crippen molar-refractivity contribution in [2.45, 2.75) is 4.90 Å². The normalized spacial score (nSPS) is 17.2. The van der Waals surface area contributed by atoms with Crippen LogP contribution in [0.15, 0.2) is 94.9 Å². The molecule has 33 heavy (non-hydrogen) atoms. The Balaban J connectivity index is 1.51. The number of rotatable bonds is 4. The number of ether oxygens (including phenoxy) is 2. The number of fused-ring (bicyclic) bond motifs is 1. The molecular formula is C25H22N2O5S. The monoisotopic (exact) mass is 462 g/mol. The first-order valence-electron chi connectivity index (χ1n) is 10.6. The molecule has 1 fully saturated rings. The van der Waals surface area contributed by atoms with E-state index in [-0.39, 0.29) is 9.80 Å². The molecule has 0 saturated carbocycles. The number of morpholine rings is 1. The zero-order valence-electron chi connectivity index (χ0n) is 17.8. The second-order valence-corrected chi connectivity index (χ2v) is 9.53. The van der Waals surface area contributed by atoms with E-state index < -0.39 is 15.7 Å². The number of benzene rings is 3. The topological polar surface area (TPSA) is 76.2 Å². The van der Waals surface area contributed by atoms with Crippen LogP contribution in [0.2, 0.25) is 0 Å². The molecule has 0 radical (unpaired) electrons. The summed E-state index contributed by atoms with van der Waals surface area (Å²) in [5, 5.41) is 0. The van der Waals surface area contributed by atoms with Crippen molar-refractivity contribution in [3.8, 4) is 11.5 Å². The molecule has 2 aliphatic rings. The van der Waals surface area contributed by atoms with E-state index in [2.05, 4.69) is 0 Å². The molecule has 0 aliphatic carbocycles. The van der Waals surface area contributed by atoms with Gasteiger partial charge in [0.15, 0.2) is 4.91 Å². The van der Waals surface area contributed by atoms with Crippen LogP contribution in [0.3, 0.4) is 0 Å². The van der Waals surface area contributed by atoms with Gasteiger partial charge in [-0.05, 0) is 48.5 Å². The van der Waals surface area contributed by atoms with Crippen molar-refractivity contribution in [2.75, 3.05) is 31.2 Å². The van der Waals surface area contributed by atoms with Gasteiger partial charge in [-0.25, -0.2) is 8.42 Å². The van der Waals surface area contributed by atoms with Crippen LogP contribution in [0, 0.1) is 0 Å². The Hall–Kier alpha value is -3.62. The summed E-state index contributed by atoms with van der Waals surface area (Å²) in [4.78, 5) is 16.3. The van der Waals surface area contributed by atoms with Gasteiger partial charge < -0.3 is 19.3 Å². The lowest BCUT2D eigenvalue weighted by Gasteiger charge is -2.32. The van der Waals surface area contributed by atoms with Gasteiger partial charge in [0.25, 0.3) is 5.91 Å². The maximum absolute atomic E-state index is 13.3. The number of nitrogens with zero attached hydrogens (tertiary/aromatic N) is 2. The van der Waals surface area contributed by atoms with Crippen molar-refractivity contribution < 1.29 is 22.7 Å². The fraction of sp³-hybridized carbons (Fsp3) is 0.160. The summed E-state index contributed by atoms with van der Waals surface area (Å²) < 4.78 is 37.8. The number of carbonyl (C=O) groups excluding carboxylic acids is 1. The maximum atomic E-state index is 13.3. The van der Waals surface area contributed by atoms with E-state index in [1.165, 1.54) is 17.2 Å². The number of hydrogen-bond donors (Lipinski definition) is 0. The molecule has 2 aliphatic heterocycles. The Morgan fingerprint density at radius 3 is 2.18 bits per heavy atom. The van der Waals surface area contributed by atoms with Crippen molar-refractivity contribution in [1.29, 1.82) is 0 Å². The van der Waals surface area contributed by atoms with Crippen LogP contribution >= 0.6 is 0 Å². The first kappa shape index (κ1) is 21.2. The van der Waals surface area contributed by atoms with Crippen molar-refractivity contribution >= 4 is 27.1 Å². The molecule has 3 aromatic carbocycles. The number of hydrogen-bond acceptors (Lipinski definition) is 6. The van der Waals surface area contributed by atoms with E-state index in [1.807, 2.05) is 54.6 Å². The molecule has 2 heterocycles. The fourth-order valence-electron chi connectivity index (χ4n) is 3.86. The third-order valence-corrected chi connectivity index (χ3v) is 7.34. The van der Waals surface area contributed by atoms with Crippen molar-refractivity contribution in [1.82, 2.24) is 4.90 Å². The summed E-state index contributed by atoms with van der Waals surface area (Å²) in [5.74, 6) is 0.858. The van der Waals surface area contributed by atoms with Gasteiger partial charge in [0.2, 0.25) is 9.84 Å². The van der Waals surface area contributed by atoms with Gasteiger partial charge in [-0.2, -0.15) is 0 Å². The zero-order chi connectivity index (χ0) is 22.8. The quantitative estimate of drug-likeness (QED) is 0.581. The van der Waals surface area contributed by atoms with Crippen LogP contribution in [0.25, 0.3) is 0 Å². The van der Waals surface area contributed by atoms with Crippen LogP contribution in [0.5, 0.6) is 11.5 Å². The first-order valence-corrected chi connectivity index (χ1v) is 12.1. The molecule has 0 atom stereocenters. The zero-order valence-corrected chi connectivity index (χ0v) is 18.6. The second kappa shape index (κ2) is 8.73. The van der Waals surface area contributed by atoms with E-state index in [4.69, 9.17) is 9.47 Å². The molecule has 8 heteroatoms. The highest BCUT2D eigenvalue weighted by molar-refractivity contribution is 7.96. The SMILES string of the molecule is O=C(C1=CN(c2ccc(Oc3ccccc3)cc2)c2ccccc2S1(=O)=O)N1CCOCC1. The largest absolute Gasteiger partial charge is 0.457 e. The van der Waals surface area contributed by atoms with Crippen LogP contribution in [-0.2, 0) is 19.4 Å². The Kier molecular flexibility index (Phi) is 5.62. The average molecular weight is 463 g/mol. The Morgan fingerprint density at radius 2 is 1.45 bits per heavy atom. The Morgan fingerprint density at radius 1 is 0.818 bits per heavy atom. The lowest BCUT2D eigenvalue weighted by atomic mass is 10.2. The summed E-state index contributed by atoms with van der Waals surface area (Å²) in [7, 11) is -3.96.